The molecule has 1 atom stereocenters. The molecular formula is C9H14N4S. The maximum Gasteiger partial charge on any atom is 0.205 e. The lowest BCUT2D eigenvalue weighted by atomic mass is 10.3. The fourth-order valence-electron chi connectivity index (χ4n) is 1.82. The van der Waals surface area contributed by atoms with E-state index in [9.17, 15) is 0 Å². The molecule has 1 aliphatic heterocycles. The van der Waals surface area contributed by atoms with E-state index >= 15 is 0 Å². The highest BCUT2D eigenvalue weighted by Crippen LogP contribution is 2.39. The van der Waals surface area contributed by atoms with Gasteiger partial charge in [-0.1, -0.05) is 0 Å². The van der Waals surface area contributed by atoms with Gasteiger partial charge in [-0.2, -0.15) is 4.37 Å². The van der Waals surface area contributed by atoms with Crippen LogP contribution in [0.1, 0.15) is 31.0 Å². The molecule has 0 amide bonds. The molecule has 1 saturated carbocycles. The zero-order valence-electron chi connectivity index (χ0n) is 8.02. The Bertz CT molecular complexity index is 333. The molecule has 1 unspecified atom stereocenters. The molecule has 0 spiro atoms. The van der Waals surface area contributed by atoms with Crippen molar-refractivity contribution in [2.45, 2.75) is 31.2 Å². The molecule has 2 N–H and O–H groups in total. The molecule has 0 bridgehead atoms. The molecule has 2 heterocycles. The van der Waals surface area contributed by atoms with Crippen LogP contribution >= 0.6 is 11.5 Å². The van der Waals surface area contributed by atoms with Gasteiger partial charge in [-0.05, 0) is 19.3 Å². The summed E-state index contributed by atoms with van der Waals surface area (Å²) in [5, 5.41) is 1.07. The van der Waals surface area contributed by atoms with Crippen LogP contribution in [0.15, 0.2) is 0 Å². The van der Waals surface area contributed by atoms with Gasteiger partial charge in [0.15, 0.2) is 0 Å². The predicted octanol–water partition coefficient (Wildman–Crippen LogP) is 0.953. The Kier molecular flexibility index (Phi) is 1.95. The predicted molar refractivity (Wildman–Crippen MR) is 56.7 cm³/mol. The number of hydrogen-bond acceptors (Lipinski definition) is 5. The van der Waals surface area contributed by atoms with Gasteiger partial charge < -0.3 is 10.6 Å². The van der Waals surface area contributed by atoms with Gasteiger partial charge in [0, 0.05) is 36.6 Å². The van der Waals surface area contributed by atoms with Crippen LogP contribution in [0.2, 0.25) is 0 Å². The van der Waals surface area contributed by atoms with Gasteiger partial charge in [-0.25, -0.2) is 4.98 Å². The van der Waals surface area contributed by atoms with Crippen molar-refractivity contribution < 1.29 is 0 Å². The Morgan fingerprint density at radius 1 is 1.36 bits per heavy atom. The number of hydrogen-bond donors (Lipinski definition) is 1. The molecule has 5 heteroatoms. The van der Waals surface area contributed by atoms with Crippen molar-refractivity contribution in [3.8, 4) is 0 Å². The minimum Gasteiger partial charge on any atom is -0.345 e. The van der Waals surface area contributed by atoms with Gasteiger partial charge in [0.25, 0.3) is 0 Å². The van der Waals surface area contributed by atoms with Crippen molar-refractivity contribution >= 4 is 16.7 Å². The standard InChI is InChI=1S/C9H14N4S/c10-7-3-4-13(5-7)9-11-8(12-14-9)6-1-2-6/h6-7H,1-5,10H2. The van der Waals surface area contributed by atoms with Crippen LogP contribution in [0.25, 0.3) is 0 Å². The number of anilines is 1. The minimum absolute atomic E-state index is 0.322. The molecule has 0 aromatic carbocycles. The SMILES string of the molecule is NC1CCN(c2nc(C3CC3)ns2)C1. The van der Waals surface area contributed by atoms with E-state index in [1.165, 1.54) is 24.4 Å². The van der Waals surface area contributed by atoms with E-state index in [1.807, 2.05) is 0 Å². The number of nitrogens with two attached hydrogens (primary N) is 1. The summed E-state index contributed by atoms with van der Waals surface area (Å²) >= 11 is 1.53. The molecule has 2 aliphatic rings. The summed E-state index contributed by atoms with van der Waals surface area (Å²) in [5.74, 6) is 1.72. The number of aromatic nitrogens is 2. The topological polar surface area (TPSA) is 55.0 Å². The van der Waals surface area contributed by atoms with Crippen LogP contribution in [-0.4, -0.2) is 28.5 Å². The van der Waals surface area contributed by atoms with Crippen molar-refractivity contribution in [3.05, 3.63) is 5.82 Å². The highest BCUT2D eigenvalue weighted by Gasteiger charge is 2.29. The maximum absolute atomic E-state index is 5.86. The van der Waals surface area contributed by atoms with E-state index in [0.29, 0.717) is 12.0 Å². The normalized spacial score (nSPS) is 27.2. The Morgan fingerprint density at radius 2 is 2.21 bits per heavy atom. The largest absolute Gasteiger partial charge is 0.345 e. The van der Waals surface area contributed by atoms with Crippen LogP contribution < -0.4 is 10.6 Å². The smallest absolute Gasteiger partial charge is 0.205 e. The third-order valence-electron chi connectivity index (χ3n) is 2.87. The lowest BCUT2D eigenvalue weighted by Gasteiger charge is -2.12. The van der Waals surface area contributed by atoms with Crippen molar-refractivity contribution in [3.63, 3.8) is 0 Å². The van der Waals surface area contributed by atoms with Gasteiger partial charge in [-0.3, -0.25) is 0 Å². The lowest BCUT2D eigenvalue weighted by molar-refractivity contribution is 0.752. The summed E-state index contributed by atoms with van der Waals surface area (Å²) in [6, 6.07) is 0.322. The minimum atomic E-state index is 0.322. The van der Waals surface area contributed by atoms with Gasteiger partial charge >= 0.3 is 0 Å². The van der Waals surface area contributed by atoms with Crippen LogP contribution in [0.4, 0.5) is 5.13 Å². The second-order valence-electron chi connectivity index (χ2n) is 4.20. The van der Waals surface area contributed by atoms with Crippen molar-refractivity contribution in [2.75, 3.05) is 18.0 Å². The quantitative estimate of drug-likeness (QED) is 0.789. The third-order valence-corrected chi connectivity index (χ3v) is 3.66. The summed E-state index contributed by atoms with van der Waals surface area (Å²) < 4.78 is 4.40. The molecule has 3 rings (SSSR count). The molecule has 1 aromatic heterocycles. The maximum atomic E-state index is 5.86. The third kappa shape index (κ3) is 1.50. The molecule has 0 radical (unpaired) electrons. The van der Waals surface area contributed by atoms with E-state index in [1.54, 1.807) is 0 Å². The summed E-state index contributed by atoms with van der Waals surface area (Å²) in [7, 11) is 0. The van der Waals surface area contributed by atoms with E-state index in [-0.39, 0.29) is 0 Å². The molecule has 4 nitrogen and oxygen atoms in total. The molecule has 76 valence electrons. The Morgan fingerprint density at radius 3 is 2.86 bits per heavy atom. The van der Waals surface area contributed by atoms with E-state index in [2.05, 4.69) is 14.3 Å². The van der Waals surface area contributed by atoms with Gasteiger partial charge in [-0.15, -0.1) is 0 Å². The Balaban J connectivity index is 1.75. The van der Waals surface area contributed by atoms with Crippen LogP contribution in [0.3, 0.4) is 0 Å². The Labute approximate surface area is 87.3 Å². The molecule has 1 aliphatic carbocycles. The zero-order chi connectivity index (χ0) is 9.54. The Hall–Kier alpha value is -0.680. The highest BCUT2D eigenvalue weighted by molar-refractivity contribution is 7.09. The molecule has 2 fully saturated rings. The zero-order valence-corrected chi connectivity index (χ0v) is 8.83. The van der Waals surface area contributed by atoms with Crippen LogP contribution in [-0.2, 0) is 0 Å². The molecule has 14 heavy (non-hydrogen) atoms. The van der Waals surface area contributed by atoms with Crippen LogP contribution in [0.5, 0.6) is 0 Å². The second kappa shape index (κ2) is 3.17. The number of rotatable bonds is 2. The monoisotopic (exact) mass is 210 g/mol. The molecular weight excluding hydrogens is 196 g/mol. The first-order valence-corrected chi connectivity index (χ1v) is 5.94. The average Bonchev–Trinajstić information content (AvgIpc) is 2.76. The van der Waals surface area contributed by atoms with Gasteiger partial charge in [0.2, 0.25) is 5.13 Å². The highest BCUT2D eigenvalue weighted by atomic mass is 32.1. The van der Waals surface area contributed by atoms with Crippen molar-refractivity contribution in [2.24, 2.45) is 5.73 Å². The van der Waals surface area contributed by atoms with Crippen molar-refractivity contribution in [1.29, 1.82) is 0 Å². The first-order valence-electron chi connectivity index (χ1n) is 5.17. The fourth-order valence-corrected chi connectivity index (χ4v) is 2.60. The van der Waals surface area contributed by atoms with Crippen molar-refractivity contribution in [1.82, 2.24) is 9.36 Å². The lowest BCUT2D eigenvalue weighted by Crippen LogP contribution is -2.26. The summed E-state index contributed by atoms with van der Waals surface area (Å²) in [5.41, 5.74) is 5.86. The van der Waals surface area contributed by atoms with E-state index < -0.39 is 0 Å². The van der Waals surface area contributed by atoms with Gasteiger partial charge in [0.05, 0.1) is 0 Å². The summed E-state index contributed by atoms with van der Waals surface area (Å²) in [4.78, 5) is 6.82. The second-order valence-corrected chi connectivity index (χ2v) is 4.93. The van der Waals surface area contributed by atoms with E-state index in [0.717, 1.165) is 30.5 Å². The molecule has 1 aromatic rings. The number of nitrogens with zero attached hydrogens (tertiary/aromatic N) is 3. The van der Waals surface area contributed by atoms with Gasteiger partial charge in [0.1, 0.15) is 5.82 Å². The first-order chi connectivity index (χ1) is 6.83. The first kappa shape index (κ1) is 8.61. The van der Waals surface area contributed by atoms with E-state index in [4.69, 9.17) is 5.73 Å². The average molecular weight is 210 g/mol. The summed E-state index contributed by atoms with van der Waals surface area (Å²) in [6.07, 6.45) is 3.63. The molecule has 1 saturated heterocycles. The fraction of sp³-hybridized carbons (Fsp3) is 0.778. The van der Waals surface area contributed by atoms with Crippen LogP contribution in [0, 0.1) is 0 Å². The summed E-state index contributed by atoms with van der Waals surface area (Å²) in [6.45, 7) is 1.99.